The van der Waals surface area contributed by atoms with Crippen LogP contribution in [0.4, 0.5) is 14.6 Å². The van der Waals surface area contributed by atoms with Gasteiger partial charge in [-0.2, -0.15) is 0 Å². The molecule has 4 N–H and O–H groups in total. The smallest absolute Gasteiger partial charge is 0.386 e. The average molecular weight is 711 g/mol. The third-order valence-electron chi connectivity index (χ3n) is 7.40. The zero-order valence-electron chi connectivity index (χ0n) is 22.3. The van der Waals surface area contributed by atoms with Gasteiger partial charge in [-0.1, -0.05) is 24.5 Å². The van der Waals surface area contributed by atoms with Crippen molar-refractivity contribution < 1.29 is 50.6 Å². The predicted octanol–water partition coefficient (Wildman–Crippen LogP) is 1.67. The van der Waals surface area contributed by atoms with E-state index in [1.54, 1.807) is 0 Å². The van der Waals surface area contributed by atoms with Crippen LogP contribution >= 0.6 is 38.1 Å². The predicted molar refractivity (Wildman–Crippen MR) is 154 cm³/mol. The van der Waals surface area contributed by atoms with Crippen molar-refractivity contribution in [2.45, 2.75) is 49.1 Å². The monoisotopic (exact) mass is 710 g/mol. The van der Waals surface area contributed by atoms with Crippen LogP contribution in [0.15, 0.2) is 30.0 Å². The number of halogens is 2. The van der Waals surface area contributed by atoms with Gasteiger partial charge in [-0.05, 0) is 0 Å². The van der Waals surface area contributed by atoms with Gasteiger partial charge in [0.05, 0.1) is 25.9 Å². The lowest BCUT2D eigenvalue weighted by atomic mass is 10.1. The number of nitrogen functional groups attached to an aromatic ring is 1. The summed E-state index contributed by atoms with van der Waals surface area (Å²) in [5.74, 6) is -0.935. The highest BCUT2D eigenvalue weighted by Crippen LogP contribution is 2.60. The van der Waals surface area contributed by atoms with Crippen molar-refractivity contribution in [2.75, 3.05) is 18.9 Å². The Bertz CT molecular complexity index is 1950. The van der Waals surface area contributed by atoms with E-state index in [0.29, 0.717) is 0 Å². The fourth-order valence-electron chi connectivity index (χ4n) is 5.37. The van der Waals surface area contributed by atoms with Crippen LogP contribution < -0.4 is 11.3 Å². The summed E-state index contributed by atoms with van der Waals surface area (Å²) in [7, 11) is 0. The van der Waals surface area contributed by atoms with Crippen molar-refractivity contribution in [2.24, 2.45) is 0 Å². The van der Waals surface area contributed by atoms with Gasteiger partial charge >= 0.3 is 13.6 Å². The second kappa shape index (κ2) is 11.3. The van der Waals surface area contributed by atoms with Gasteiger partial charge in [-0.25, -0.2) is 37.8 Å². The lowest BCUT2D eigenvalue weighted by molar-refractivity contribution is -0.0568. The quantitative estimate of drug-likeness (QED) is 0.147. The number of aliphatic hydroxyl groups excluding tert-OH is 1. The van der Waals surface area contributed by atoms with Gasteiger partial charge in [0.1, 0.15) is 47.8 Å². The molecule has 3 fully saturated rings. The van der Waals surface area contributed by atoms with Gasteiger partial charge < -0.3 is 29.9 Å². The highest BCUT2D eigenvalue weighted by atomic mass is 32.7. The minimum Gasteiger partial charge on any atom is -0.387 e. The van der Waals surface area contributed by atoms with Crippen molar-refractivity contribution >= 4 is 66.1 Å². The molecule has 0 saturated carbocycles. The number of nitrogens with zero attached hydrogens (tertiary/aromatic N) is 6. The standard InChI is InChI=1S/C21H22F2N8O10P2S2/c22-7-1-30(17-10(7)19(33)28-5-26-17)21-15-13(32)8(38-21)2-36-42(34,44)40-14-9(3-37-43(35,45)41-15)39-20(11(14)23)31-6-29-12-16(24)25-4-27-18(12)31/h1,4-6,8-9,11,13-15,20-21,32H,2-3H2,(H,34,44)(H,35,45)(H2,24,25,27)(H,26,28,33)/t8?,9?,11-,13-,14-,15-,20-,21?,42-,43-/m1/s1. The van der Waals surface area contributed by atoms with E-state index in [1.165, 1.54) is 10.9 Å². The molecule has 3 aliphatic rings. The van der Waals surface area contributed by atoms with E-state index in [0.717, 1.165) is 23.4 Å². The molecule has 10 atom stereocenters. The molecule has 45 heavy (non-hydrogen) atoms. The molecule has 4 aromatic rings. The number of H-pyrrole nitrogens is 1. The molecule has 0 spiro atoms. The van der Waals surface area contributed by atoms with Crippen molar-refractivity contribution in [3.63, 3.8) is 0 Å². The number of nitrogens with two attached hydrogens (primary N) is 1. The first-order valence-corrected chi connectivity index (χ1v) is 18.3. The summed E-state index contributed by atoms with van der Waals surface area (Å²) in [4.78, 5) is 30.5. The van der Waals surface area contributed by atoms with Crippen LogP contribution in [0, 0.1) is 5.82 Å². The number of anilines is 1. The van der Waals surface area contributed by atoms with E-state index in [1.807, 2.05) is 0 Å². The molecule has 24 heteroatoms. The molecule has 4 aromatic heterocycles. The molecular formula is C21H22F2N8O10P2S2. The zero-order valence-corrected chi connectivity index (χ0v) is 25.8. The molecule has 0 aromatic carbocycles. The number of alkyl halides is 1. The maximum Gasteiger partial charge on any atom is 0.386 e. The number of fused-ring (bicyclic) bond motifs is 5. The maximum atomic E-state index is 16.0. The van der Waals surface area contributed by atoms with Gasteiger partial charge in [-0.15, -0.1) is 0 Å². The number of aromatic amines is 1. The van der Waals surface area contributed by atoms with Crippen LogP contribution in [0.3, 0.4) is 0 Å². The van der Waals surface area contributed by atoms with Crippen molar-refractivity contribution in [1.29, 1.82) is 0 Å². The molecule has 3 unspecified atom stereocenters. The lowest BCUT2D eigenvalue weighted by Crippen LogP contribution is -2.35. The maximum absolute atomic E-state index is 16.0. The molecule has 18 nitrogen and oxygen atoms in total. The summed E-state index contributed by atoms with van der Waals surface area (Å²) in [6, 6.07) is 0. The number of thiol groups is 2. The Morgan fingerprint density at radius 3 is 2.42 bits per heavy atom. The Hall–Kier alpha value is -2.49. The van der Waals surface area contributed by atoms with Crippen LogP contribution in [0.1, 0.15) is 12.5 Å². The van der Waals surface area contributed by atoms with Gasteiger partial charge in [0, 0.05) is 6.20 Å². The number of hydrogen-bond acceptors (Lipinski definition) is 15. The van der Waals surface area contributed by atoms with Crippen LogP contribution in [0.5, 0.6) is 0 Å². The molecule has 3 aliphatic heterocycles. The summed E-state index contributed by atoms with van der Waals surface area (Å²) < 4.78 is 93.3. The second-order valence-electron chi connectivity index (χ2n) is 10.1. The summed E-state index contributed by atoms with van der Waals surface area (Å²) >= 11 is 7.98. The number of nitrogens with one attached hydrogen (secondary N) is 1. The highest BCUT2D eigenvalue weighted by molar-refractivity contribution is 8.44. The van der Waals surface area contributed by atoms with Crippen molar-refractivity contribution in [3.8, 4) is 0 Å². The minimum atomic E-state index is -4.47. The molecule has 242 valence electrons. The van der Waals surface area contributed by atoms with Crippen molar-refractivity contribution in [3.05, 3.63) is 41.3 Å². The highest BCUT2D eigenvalue weighted by Gasteiger charge is 2.54. The third kappa shape index (κ3) is 5.50. The van der Waals surface area contributed by atoms with Crippen LogP contribution in [0.25, 0.3) is 22.2 Å². The Morgan fingerprint density at radius 1 is 0.978 bits per heavy atom. The van der Waals surface area contributed by atoms with E-state index in [4.69, 9.17) is 33.3 Å². The van der Waals surface area contributed by atoms with E-state index in [9.17, 15) is 23.4 Å². The number of imidazole rings is 1. The Kier molecular flexibility index (Phi) is 7.84. The Morgan fingerprint density at radius 2 is 1.67 bits per heavy atom. The Labute approximate surface area is 259 Å². The Balaban J connectivity index is 1.21. The first-order valence-electron chi connectivity index (χ1n) is 12.9. The summed E-state index contributed by atoms with van der Waals surface area (Å²) in [6.07, 6.45) is -8.46. The molecule has 3 saturated heterocycles. The van der Waals surface area contributed by atoms with Crippen LogP contribution in [-0.4, -0.2) is 89.1 Å². The number of rotatable bonds is 2. The van der Waals surface area contributed by atoms with E-state index in [2.05, 4.69) is 49.4 Å². The van der Waals surface area contributed by atoms with Gasteiger partial charge in [0.2, 0.25) is 0 Å². The number of aliphatic hydroxyl groups is 1. The molecule has 0 aliphatic carbocycles. The molecule has 2 bridgehead atoms. The normalized spacial score (nSPS) is 37.7. The largest absolute Gasteiger partial charge is 0.387 e. The fourth-order valence-corrected chi connectivity index (χ4v) is 8.32. The molecule has 0 amide bonds. The molecule has 7 rings (SSSR count). The number of hydrogen-bond donors (Lipinski definition) is 5. The lowest BCUT2D eigenvalue weighted by Gasteiger charge is -2.26. The molecule has 7 heterocycles. The summed E-state index contributed by atoms with van der Waals surface area (Å²) in [5, 5.41) is 10.7. The van der Waals surface area contributed by atoms with Crippen molar-refractivity contribution in [1.82, 2.24) is 34.1 Å². The third-order valence-corrected chi connectivity index (χ3v) is 10.6. The van der Waals surface area contributed by atoms with Crippen LogP contribution in [-0.2, 0) is 36.7 Å². The number of ether oxygens (including phenoxy) is 2. The molecular weight excluding hydrogens is 688 g/mol. The molecule has 0 radical (unpaired) electrons. The average Bonchev–Trinajstić information content (AvgIpc) is 3.71. The summed E-state index contributed by atoms with van der Waals surface area (Å²) in [6.45, 7) is -10.3. The zero-order chi connectivity index (χ0) is 31.8. The first kappa shape index (κ1) is 31.1. The fraction of sp³-hybridized carbons (Fsp3) is 0.476. The minimum absolute atomic E-state index is 0.0336. The van der Waals surface area contributed by atoms with Crippen LogP contribution in [0.2, 0.25) is 0 Å². The number of aromatic nitrogens is 7. The summed E-state index contributed by atoms with van der Waals surface area (Å²) in [5.41, 5.74) is 5.14. The van der Waals surface area contributed by atoms with E-state index >= 15 is 4.39 Å². The second-order valence-corrected chi connectivity index (χ2v) is 15.9. The van der Waals surface area contributed by atoms with E-state index in [-0.39, 0.29) is 22.6 Å². The van der Waals surface area contributed by atoms with Gasteiger partial charge in [-0.3, -0.25) is 27.5 Å². The van der Waals surface area contributed by atoms with E-state index < -0.39 is 92.7 Å². The van der Waals surface area contributed by atoms with Gasteiger partial charge in [0.25, 0.3) is 5.56 Å². The topological polar surface area (TPSA) is 230 Å². The SMILES string of the molecule is Nc1ncnc2c1ncn2[C@@H]1OC2CO[P@@](=O)(S)O[C@H]3C(n4cc(F)c5c(=O)[nH]cnc54)OC(CO[P@@](=O)(S)O[C@H]2[C@H]1F)[C@H]3O. The van der Waals surface area contributed by atoms with Gasteiger partial charge in [0.15, 0.2) is 41.6 Å². The first-order chi connectivity index (χ1) is 21.3.